The monoisotopic (exact) mass is 491 g/mol. The van der Waals surface area contributed by atoms with Crippen LogP contribution in [0, 0.1) is 6.92 Å². The molecule has 0 fully saturated rings. The van der Waals surface area contributed by atoms with E-state index in [9.17, 15) is 14.4 Å². The van der Waals surface area contributed by atoms with Crippen LogP contribution in [0.15, 0.2) is 41.2 Å². The zero-order chi connectivity index (χ0) is 23.0. The molecule has 0 spiro atoms. The van der Waals surface area contributed by atoms with Crippen LogP contribution in [0.25, 0.3) is 0 Å². The Morgan fingerprint density at radius 1 is 1.09 bits per heavy atom. The smallest absolute Gasteiger partial charge is 0.258 e. The van der Waals surface area contributed by atoms with Gasteiger partial charge in [0.2, 0.25) is 17.8 Å². The molecule has 11 heteroatoms. The first-order valence-corrected chi connectivity index (χ1v) is 10.6. The molecule has 4 N–H and O–H groups in total. The van der Waals surface area contributed by atoms with Crippen molar-refractivity contribution in [3.8, 4) is 0 Å². The molecule has 0 aliphatic carbocycles. The number of hydrogen-bond acceptors (Lipinski definition) is 5. The highest BCUT2D eigenvalue weighted by molar-refractivity contribution is 6.36. The molecule has 1 aromatic heterocycles. The second kappa shape index (κ2) is 8.82. The van der Waals surface area contributed by atoms with E-state index in [1.807, 2.05) is 6.92 Å². The van der Waals surface area contributed by atoms with Crippen LogP contribution in [0.4, 0.5) is 23.1 Å². The maximum Gasteiger partial charge on any atom is 0.258 e. The van der Waals surface area contributed by atoms with Gasteiger partial charge in [-0.2, -0.15) is 4.98 Å². The Kier molecular flexibility index (Phi) is 6.10. The molecule has 2 amide bonds. The summed E-state index contributed by atoms with van der Waals surface area (Å²) >= 11 is 18.2. The van der Waals surface area contributed by atoms with Crippen LogP contribution in [-0.4, -0.2) is 21.8 Å². The van der Waals surface area contributed by atoms with Crippen molar-refractivity contribution in [3.05, 3.63) is 72.9 Å². The number of amides is 2. The lowest BCUT2D eigenvalue weighted by Crippen LogP contribution is -2.36. The summed E-state index contributed by atoms with van der Waals surface area (Å²) in [5, 5.41) is 9.38. The van der Waals surface area contributed by atoms with Crippen LogP contribution in [-0.2, 0) is 9.59 Å². The van der Waals surface area contributed by atoms with Crippen LogP contribution < -0.4 is 21.5 Å². The number of H-pyrrole nitrogens is 1. The lowest BCUT2D eigenvalue weighted by Gasteiger charge is -2.23. The minimum Gasteiger partial charge on any atom is -0.325 e. The third-order valence-electron chi connectivity index (χ3n) is 4.89. The van der Waals surface area contributed by atoms with E-state index < -0.39 is 23.3 Å². The van der Waals surface area contributed by atoms with E-state index in [4.69, 9.17) is 34.8 Å². The Labute approximate surface area is 197 Å². The Morgan fingerprint density at radius 3 is 2.59 bits per heavy atom. The van der Waals surface area contributed by atoms with E-state index >= 15 is 0 Å². The van der Waals surface area contributed by atoms with Crippen molar-refractivity contribution in [3.63, 3.8) is 0 Å². The Morgan fingerprint density at radius 2 is 1.88 bits per heavy atom. The highest BCUT2D eigenvalue weighted by Crippen LogP contribution is 2.32. The van der Waals surface area contributed by atoms with Crippen molar-refractivity contribution in [2.24, 2.45) is 0 Å². The van der Waals surface area contributed by atoms with Crippen molar-refractivity contribution in [1.82, 2.24) is 9.97 Å². The lowest BCUT2D eigenvalue weighted by molar-refractivity contribution is -0.123. The number of nitrogens with one attached hydrogen (secondary N) is 4. The quantitative estimate of drug-likeness (QED) is 0.416. The highest BCUT2D eigenvalue weighted by atomic mass is 35.5. The summed E-state index contributed by atoms with van der Waals surface area (Å²) in [4.78, 5) is 44.8. The van der Waals surface area contributed by atoms with E-state index in [0.717, 1.165) is 5.56 Å². The molecule has 0 radical (unpaired) electrons. The molecule has 8 nitrogen and oxygen atoms in total. The number of anilines is 4. The van der Waals surface area contributed by atoms with Crippen LogP contribution in [0.1, 0.15) is 23.5 Å². The summed E-state index contributed by atoms with van der Waals surface area (Å²) in [6.45, 7) is 1.84. The highest BCUT2D eigenvalue weighted by Gasteiger charge is 2.34. The van der Waals surface area contributed by atoms with Gasteiger partial charge in [0.05, 0.1) is 22.2 Å². The Hall–Kier alpha value is -3.07. The van der Waals surface area contributed by atoms with Gasteiger partial charge >= 0.3 is 0 Å². The predicted octanol–water partition coefficient (Wildman–Crippen LogP) is 4.85. The van der Waals surface area contributed by atoms with Crippen LogP contribution >= 0.6 is 34.8 Å². The fourth-order valence-electron chi connectivity index (χ4n) is 3.27. The second-order valence-corrected chi connectivity index (χ2v) is 8.43. The van der Waals surface area contributed by atoms with Crippen molar-refractivity contribution < 1.29 is 9.59 Å². The Bertz CT molecular complexity index is 1310. The number of hydrogen-bond donors (Lipinski definition) is 4. The number of aromatic nitrogens is 2. The van der Waals surface area contributed by atoms with E-state index in [-0.39, 0.29) is 23.8 Å². The number of fused-ring (bicyclic) bond motifs is 1. The molecular weight excluding hydrogens is 477 g/mol. The standard InChI is InChI=1S/C21H16Cl3N5O3/c1-9-2-4-11(7-13(9)23)25-19(31)12-8-16(30)27-18-17(12)20(32)29-21(28-18)26-15-5-3-10(22)6-14(15)24/h2-7,12H,8H2,1H3,(H,25,31)(H3,26,27,28,29,30,32)/t12-/m0/s1. The molecule has 32 heavy (non-hydrogen) atoms. The van der Waals surface area contributed by atoms with Gasteiger partial charge in [-0.25, -0.2) is 0 Å². The minimum atomic E-state index is -1.02. The molecule has 1 aliphatic heterocycles. The second-order valence-electron chi connectivity index (χ2n) is 7.18. The average molecular weight is 493 g/mol. The molecule has 1 aliphatic rings. The SMILES string of the molecule is Cc1ccc(NC(=O)[C@H]2CC(=O)Nc3nc(Nc4ccc(Cl)cc4Cl)[nH]c(=O)c32)cc1Cl. The molecule has 3 aromatic rings. The van der Waals surface area contributed by atoms with Crippen LogP contribution in [0.5, 0.6) is 0 Å². The first-order chi connectivity index (χ1) is 15.2. The van der Waals surface area contributed by atoms with Gasteiger partial charge in [0, 0.05) is 22.2 Å². The first kappa shape index (κ1) is 22.1. The summed E-state index contributed by atoms with van der Waals surface area (Å²) in [5.41, 5.74) is 1.26. The average Bonchev–Trinajstić information content (AvgIpc) is 2.72. The predicted molar refractivity (Wildman–Crippen MR) is 125 cm³/mol. The number of carbonyl (C=O) groups is 2. The first-order valence-electron chi connectivity index (χ1n) is 9.44. The van der Waals surface area contributed by atoms with Crippen molar-refractivity contribution in [1.29, 1.82) is 0 Å². The van der Waals surface area contributed by atoms with Crippen molar-refractivity contribution in [2.75, 3.05) is 16.0 Å². The van der Waals surface area contributed by atoms with Gasteiger partial charge in [-0.05, 0) is 42.8 Å². The van der Waals surface area contributed by atoms with Gasteiger partial charge in [-0.15, -0.1) is 0 Å². The molecule has 1 atom stereocenters. The number of nitrogens with zero attached hydrogens (tertiary/aromatic N) is 1. The lowest BCUT2D eigenvalue weighted by atomic mass is 9.92. The van der Waals surface area contributed by atoms with E-state index in [1.165, 1.54) is 6.07 Å². The summed E-state index contributed by atoms with van der Waals surface area (Å²) in [6, 6.07) is 9.81. The minimum absolute atomic E-state index is 0.000301. The van der Waals surface area contributed by atoms with E-state index in [0.29, 0.717) is 26.4 Å². The summed E-state index contributed by atoms with van der Waals surface area (Å²) in [7, 11) is 0. The van der Waals surface area contributed by atoms with Crippen molar-refractivity contribution >= 4 is 69.8 Å². The zero-order valence-electron chi connectivity index (χ0n) is 16.6. The zero-order valence-corrected chi connectivity index (χ0v) is 18.8. The van der Waals surface area contributed by atoms with Crippen LogP contribution in [0.2, 0.25) is 15.1 Å². The fourth-order valence-corrected chi connectivity index (χ4v) is 3.91. The number of halogens is 3. The topological polar surface area (TPSA) is 116 Å². The number of aromatic amines is 1. The number of benzene rings is 2. The summed E-state index contributed by atoms with van der Waals surface area (Å²) in [5.74, 6) is -1.93. The largest absolute Gasteiger partial charge is 0.325 e. The van der Waals surface area contributed by atoms with Gasteiger partial charge in [-0.3, -0.25) is 19.4 Å². The fraction of sp³-hybridized carbons (Fsp3) is 0.143. The molecule has 4 rings (SSSR count). The normalized spacial score (nSPS) is 15.0. The van der Waals surface area contributed by atoms with Gasteiger partial charge in [0.25, 0.3) is 5.56 Å². The molecule has 2 heterocycles. The summed E-state index contributed by atoms with van der Waals surface area (Å²) < 4.78 is 0. The summed E-state index contributed by atoms with van der Waals surface area (Å²) in [6.07, 6.45) is -0.195. The third kappa shape index (κ3) is 4.57. The van der Waals surface area contributed by atoms with E-state index in [1.54, 1.807) is 30.3 Å². The molecule has 0 bridgehead atoms. The number of rotatable bonds is 4. The molecule has 0 saturated heterocycles. The Balaban J connectivity index is 1.64. The molecule has 2 aromatic carbocycles. The van der Waals surface area contributed by atoms with Crippen molar-refractivity contribution in [2.45, 2.75) is 19.3 Å². The van der Waals surface area contributed by atoms with Gasteiger partial charge in [0.15, 0.2) is 0 Å². The van der Waals surface area contributed by atoms with E-state index in [2.05, 4.69) is 25.9 Å². The number of carbonyl (C=O) groups excluding carboxylic acids is 2. The van der Waals surface area contributed by atoms with Gasteiger partial charge in [-0.1, -0.05) is 40.9 Å². The van der Waals surface area contributed by atoms with Crippen LogP contribution in [0.3, 0.4) is 0 Å². The van der Waals surface area contributed by atoms with Gasteiger partial charge in [0.1, 0.15) is 5.82 Å². The molecule has 0 saturated carbocycles. The molecule has 164 valence electrons. The maximum absolute atomic E-state index is 12.9. The van der Waals surface area contributed by atoms with Gasteiger partial charge < -0.3 is 16.0 Å². The maximum atomic E-state index is 12.9. The number of aryl methyl sites for hydroxylation is 1. The molecule has 0 unspecified atom stereocenters. The third-order valence-corrected chi connectivity index (χ3v) is 5.85. The molecular formula is C21H16Cl3N5O3.